The van der Waals surface area contributed by atoms with E-state index in [1.54, 1.807) is 4.72 Å². The summed E-state index contributed by atoms with van der Waals surface area (Å²) in [5, 5.41) is 6.99. The molecule has 12 heteroatoms. The minimum absolute atomic E-state index is 0.183. The molecule has 1 aliphatic rings. The van der Waals surface area contributed by atoms with Crippen molar-refractivity contribution in [2.45, 2.75) is 9.79 Å². The van der Waals surface area contributed by atoms with Crippen molar-refractivity contribution in [1.29, 1.82) is 0 Å². The molecule has 0 fully saturated rings. The first-order valence-electron chi connectivity index (χ1n) is 5.44. The van der Waals surface area contributed by atoms with Gasteiger partial charge in [0.15, 0.2) is 0 Å². The number of sulfonamides is 2. The van der Waals surface area contributed by atoms with Crippen LogP contribution in [0.2, 0.25) is 5.02 Å². The van der Waals surface area contributed by atoms with Crippen molar-refractivity contribution in [3.05, 3.63) is 22.1 Å². The van der Waals surface area contributed by atoms with Gasteiger partial charge in [-0.3, -0.25) is 0 Å². The van der Waals surface area contributed by atoms with E-state index in [1.807, 2.05) is 0 Å². The van der Waals surface area contributed by atoms with Gasteiger partial charge in [0, 0.05) is 0 Å². The first kappa shape index (κ1) is 11.5. The second kappa shape index (κ2) is 4.38. The predicted molar refractivity (Wildman–Crippen MR) is 66.3 cm³/mol. The molecule has 3 N–H and O–H groups in total. The number of benzene rings is 1. The Morgan fingerprint density at radius 1 is 1.53 bits per heavy atom. The van der Waals surface area contributed by atoms with Gasteiger partial charge in [0.1, 0.15) is 16.4 Å². The van der Waals surface area contributed by atoms with E-state index in [0.29, 0.717) is 6.07 Å². The summed E-state index contributed by atoms with van der Waals surface area (Å²) in [6, 6.07) is 1.41. The maximum Gasteiger partial charge on any atom is 0.244 e. The van der Waals surface area contributed by atoms with Gasteiger partial charge in [-0.25, -0.2) is 27.0 Å². The van der Waals surface area contributed by atoms with Crippen LogP contribution in [0.3, 0.4) is 0 Å². The Balaban J connectivity index is 2.89. The number of fused-ring (bicyclic) bond motifs is 1. The molecule has 0 unspecified atom stereocenters. The number of halogens is 1. The minimum Gasteiger partial charge on any atom is -0.225 e. The van der Waals surface area contributed by atoms with Gasteiger partial charge in [0.05, 0.1) is 18.7 Å². The second-order valence-corrected chi connectivity index (χ2v) is 6.99. The van der Waals surface area contributed by atoms with Crippen LogP contribution in [-0.2, 0) is 20.0 Å². The lowest BCUT2D eigenvalue weighted by atomic mass is 10.3. The van der Waals surface area contributed by atoms with Gasteiger partial charge in [-0.1, -0.05) is 11.6 Å². The number of hydrogen-bond acceptors (Lipinski definition) is 6. The molecule has 0 spiro atoms. The summed E-state index contributed by atoms with van der Waals surface area (Å²) in [4.78, 5) is 9.39. The normalized spacial score (nSPS) is 22.1. The third kappa shape index (κ3) is 2.42. The maximum absolute atomic E-state index is 11.9. The predicted octanol–water partition coefficient (Wildman–Crippen LogP) is -0.275. The second-order valence-electron chi connectivity index (χ2n) is 3.41. The third-order valence-electron chi connectivity index (χ3n) is 2.21. The number of nitroso groups, excluding NO2 is 1. The topological polar surface area (TPSA) is 139 Å². The highest BCUT2D eigenvalue weighted by molar-refractivity contribution is 7.90. The highest BCUT2D eigenvalue weighted by atomic mass is 35.5. The number of nitrogens with zero attached hydrogens (tertiary/aromatic N) is 2. The Morgan fingerprint density at radius 2 is 2.16 bits per heavy atom. The molecule has 9 nitrogen and oxygen atoms in total. The summed E-state index contributed by atoms with van der Waals surface area (Å²) in [5.74, 6) is 0. The molecule has 1 aliphatic heterocycles. The third-order valence-corrected chi connectivity index (χ3v) is 4.85. The largest absolute Gasteiger partial charge is 0.244 e. The maximum atomic E-state index is 11.9. The van der Waals surface area contributed by atoms with E-state index >= 15 is 0 Å². The molecular weight excluding hydrogens is 323 g/mol. The van der Waals surface area contributed by atoms with Crippen LogP contribution < -0.4 is 14.9 Å². The number of hydrogen-bond donors (Lipinski definition) is 2. The number of nitrogens with one attached hydrogen (secondary N) is 1. The molecule has 0 atom stereocenters. The van der Waals surface area contributed by atoms with Crippen LogP contribution in [0.15, 0.2) is 27.2 Å². The molecule has 2 rings (SSSR count). The summed E-state index contributed by atoms with van der Waals surface area (Å²) < 4.78 is 63.0. The summed E-state index contributed by atoms with van der Waals surface area (Å²) in [6.45, 7) is -2.83. The first-order chi connectivity index (χ1) is 9.40. The quantitative estimate of drug-likeness (QED) is 0.434. The molecular formula is C7H7ClN4O5S2. The average Bonchev–Trinajstić information content (AvgIpc) is 2.24. The van der Waals surface area contributed by atoms with Gasteiger partial charge < -0.3 is 0 Å². The van der Waals surface area contributed by atoms with Crippen LogP contribution >= 0.6 is 11.6 Å². The molecule has 0 aromatic heterocycles. The van der Waals surface area contributed by atoms with Crippen molar-refractivity contribution in [1.82, 2.24) is 4.72 Å². The lowest BCUT2D eigenvalue weighted by molar-refractivity contribution is 0.571. The van der Waals surface area contributed by atoms with E-state index in [4.69, 9.17) is 19.5 Å². The lowest BCUT2D eigenvalue weighted by Crippen LogP contribution is -2.40. The smallest absolute Gasteiger partial charge is 0.225 e. The summed E-state index contributed by atoms with van der Waals surface area (Å²) in [7, 11) is -8.75. The molecule has 1 aromatic rings. The number of nitrogens with two attached hydrogens (primary N) is 1. The fourth-order valence-corrected chi connectivity index (χ4v) is 3.58. The fourth-order valence-electron chi connectivity index (χ4n) is 1.41. The Labute approximate surface area is 116 Å². The average molecular weight is 332 g/mol. The zero-order valence-electron chi connectivity index (χ0n) is 10.9. The molecule has 0 saturated heterocycles. The van der Waals surface area contributed by atoms with Gasteiger partial charge in [0.2, 0.25) is 20.0 Å². The minimum atomic E-state index is -4.44. The van der Waals surface area contributed by atoms with E-state index in [9.17, 15) is 21.7 Å². The van der Waals surface area contributed by atoms with Crippen LogP contribution in [0.5, 0.6) is 0 Å². The molecule has 0 radical (unpaired) electrons. The molecule has 0 saturated carbocycles. The van der Waals surface area contributed by atoms with Crippen molar-refractivity contribution < 1.29 is 19.6 Å². The van der Waals surface area contributed by atoms with Crippen molar-refractivity contribution in [2.24, 2.45) is 10.4 Å². The zero-order chi connectivity index (χ0) is 16.2. The van der Waals surface area contributed by atoms with Gasteiger partial charge in [-0.05, 0) is 12.1 Å². The summed E-state index contributed by atoms with van der Waals surface area (Å²) >= 11 is 5.69. The molecule has 0 amide bonds. The van der Waals surface area contributed by atoms with Crippen LogP contribution in [0.1, 0.15) is 2.74 Å². The van der Waals surface area contributed by atoms with Gasteiger partial charge in [-0.15, -0.1) is 4.91 Å². The SMILES string of the molecule is [2H][13C]1([2H])[15NH]S(=O)(=O)c2cc(S([15NH2])(=O)=O)c(Cl)cc2N1N=O. The van der Waals surface area contributed by atoms with Crippen LogP contribution in [0.4, 0.5) is 5.69 Å². The Bertz CT molecular complexity index is 841. The molecule has 1 heterocycles. The summed E-state index contributed by atoms with van der Waals surface area (Å²) in [6.07, 6.45) is 0. The monoisotopic (exact) mass is 331 g/mol. The lowest BCUT2D eigenvalue weighted by Gasteiger charge is -2.25. The zero-order valence-corrected chi connectivity index (χ0v) is 11.3. The summed E-state index contributed by atoms with van der Waals surface area (Å²) in [5.41, 5.74) is -0.508. The van der Waals surface area contributed by atoms with Crippen LogP contribution in [0.25, 0.3) is 0 Å². The Kier molecular flexibility index (Phi) is 2.66. The van der Waals surface area contributed by atoms with Crippen molar-refractivity contribution in [3.8, 4) is 0 Å². The molecule has 104 valence electrons. The van der Waals surface area contributed by atoms with E-state index in [0.717, 1.165) is 6.07 Å². The number of primary sulfonamides is 1. The standard InChI is InChI=1S/C7H7ClN4O5S2/c8-4-1-5-7(2-6(4)18(9,14)15)19(16,17)10-3-12(5)11-13/h1-2,10H,3H2,(H2,9,14,15)/i3+1D2,9+1,10+1. The first-order valence-corrected chi connectivity index (χ1v) is 7.85. The Morgan fingerprint density at radius 3 is 2.68 bits per heavy atom. The number of anilines is 1. The van der Waals surface area contributed by atoms with E-state index in [-0.39, 0.29) is 5.01 Å². The van der Waals surface area contributed by atoms with E-state index in [1.165, 1.54) is 0 Å². The Hall–Kier alpha value is -1.27. The van der Waals surface area contributed by atoms with Crippen molar-refractivity contribution in [3.63, 3.8) is 0 Å². The van der Waals surface area contributed by atoms with Gasteiger partial charge in [0.25, 0.3) is 0 Å². The van der Waals surface area contributed by atoms with Crippen LogP contribution in [-0.4, -0.2) is 23.5 Å². The molecule has 19 heavy (non-hydrogen) atoms. The van der Waals surface area contributed by atoms with Crippen LogP contribution in [0, 0.1) is 4.91 Å². The molecule has 0 aliphatic carbocycles. The van der Waals surface area contributed by atoms with Gasteiger partial charge >= 0.3 is 0 Å². The fraction of sp³-hybridized carbons (Fsp3) is 0.143. The van der Waals surface area contributed by atoms with Gasteiger partial charge in [-0.2, -0.15) is 4.72 Å². The van der Waals surface area contributed by atoms with Crippen molar-refractivity contribution >= 4 is 37.3 Å². The molecule has 0 bridgehead atoms. The van der Waals surface area contributed by atoms with Crippen molar-refractivity contribution in [2.75, 3.05) is 11.6 Å². The molecule has 1 aromatic carbocycles. The number of rotatable bonds is 2. The highest BCUT2D eigenvalue weighted by Gasteiger charge is 2.31. The van der Waals surface area contributed by atoms with E-state index in [2.05, 4.69) is 5.29 Å². The van der Waals surface area contributed by atoms with E-state index < -0.39 is 47.2 Å². The highest BCUT2D eigenvalue weighted by Crippen LogP contribution is 2.35.